The van der Waals surface area contributed by atoms with E-state index in [0.29, 0.717) is 0 Å². The Bertz CT molecular complexity index is 3910. The van der Waals surface area contributed by atoms with Crippen molar-refractivity contribution < 1.29 is 0 Å². The number of benzene rings is 13. The van der Waals surface area contributed by atoms with Gasteiger partial charge < -0.3 is 9.80 Å². The Morgan fingerprint density at radius 1 is 0.269 bits per heavy atom. The fourth-order valence-electron chi connectivity index (χ4n) is 10.8. The van der Waals surface area contributed by atoms with E-state index in [1.807, 2.05) is 27.7 Å². The first-order valence-corrected chi connectivity index (χ1v) is 24.0. The summed E-state index contributed by atoms with van der Waals surface area (Å²) in [5, 5.41) is 20.1. The van der Waals surface area contributed by atoms with Crippen molar-refractivity contribution in [1.29, 1.82) is 0 Å². The van der Waals surface area contributed by atoms with Crippen LogP contribution in [-0.4, -0.2) is 0 Å². The van der Waals surface area contributed by atoms with Crippen LogP contribution in [0.5, 0.6) is 0 Å². The highest BCUT2D eigenvalue weighted by molar-refractivity contribution is 6.30. The van der Waals surface area contributed by atoms with Gasteiger partial charge in [0.05, 0.1) is 22.7 Å². The maximum atomic E-state index is 2.55. The van der Waals surface area contributed by atoms with Crippen LogP contribution in [0.3, 0.4) is 0 Å². The van der Waals surface area contributed by atoms with Gasteiger partial charge in [0.25, 0.3) is 0 Å². The van der Waals surface area contributed by atoms with Crippen LogP contribution in [0, 0.1) is 20.8 Å². The Morgan fingerprint density at radius 2 is 0.612 bits per heavy atom. The summed E-state index contributed by atoms with van der Waals surface area (Å²) in [6.07, 6.45) is 0. The Labute approximate surface area is 393 Å². The van der Waals surface area contributed by atoms with E-state index in [9.17, 15) is 0 Å². The molecule has 0 radical (unpaired) electrons. The number of para-hydroxylation sites is 2. The number of anilines is 6. The molecule has 0 spiro atoms. The summed E-state index contributed by atoms with van der Waals surface area (Å²) in [6.45, 7) is 14.8. The Balaban J connectivity index is 0.00000121. The van der Waals surface area contributed by atoms with E-state index >= 15 is 0 Å². The lowest BCUT2D eigenvalue weighted by Gasteiger charge is -2.34. The van der Waals surface area contributed by atoms with Crippen molar-refractivity contribution in [3.63, 3.8) is 0 Å². The average molecular weight is 863 g/mol. The fourth-order valence-corrected chi connectivity index (χ4v) is 10.8. The molecule has 0 bridgehead atoms. The molecule has 13 aromatic rings. The second kappa shape index (κ2) is 16.8. The molecule has 13 aromatic carbocycles. The van der Waals surface area contributed by atoms with Crippen LogP contribution in [-0.2, 0) is 0 Å². The molecule has 0 saturated heterocycles. The van der Waals surface area contributed by atoms with Crippen molar-refractivity contribution in [2.24, 2.45) is 0 Å². The van der Waals surface area contributed by atoms with Gasteiger partial charge in [0.15, 0.2) is 0 Å². The van der Waals surface area contributed by atoms with Crippen molar-refractivity contribution in [2.45, 2.75) is 48.5 Å². The number of hydrogen-bond acceptors (Lipinski definition) is 2. The third-order valence-electron chi connectivity index (χ3n) is 13.8. The van der Waals surface area contributed by atoms with Gasteiger partial charge in [-0.25, -0.2) is 0 Å². The summed E-state index contributed by atoms with van der Waals surface area (Å²) in [5.41, 5.74) is 10.7. The molecule has 324 valence electrons. The third-order valence-corrected chi connectivity index (χ3v) is 13.8. The zero-order valence-corrected chi connectivity index (χ0v) is 39.4. The molecule has 0 aromatic heterocycles. The van der Waals surface area contributed by atoms with Gasteiger partial charge in [0, 0.05) is 43.7 Å². The summed E-state index contributed by atoms with van der Waals surface area (Å²) in [4.78, 5) is 5.10. The van der Waals surface area contributed by atoms with Gasteiger partial charge in [-0.05, 0) is 140 Å². The number of rotatable bonds is 6. The Kier molecular flexibility index (Phi) is 10.5. The van der Waals surface area contributed by atoms with Crippen LogP contribution in [0.4, 0.5) is 34.1 Å². The molecule has 0 fully saturated rings. The summed E-state index contributed by atoms with van der Waals surface area (Å²) < 4.78 is 0. The van der Waals surface area contributed by atoms with Crippen molar-refractivity contribution in [2.75, 3.05) is 9.80 Å². The van der Waals surface area contributed by atoms with Crippen LogP contribution in [0.25, 0.3) is 86.2 Å². The fraction of sp³-hybridized carbons (Fsp3) is 0.108. The summed E-state index contributed by atoms with van der Waals surface area (Å²) in [5.74, 6) is 0. The second-order valence-electron chi connectivity index (χ2n) is 17.5. The van der Waals surface area contributed by atoms with Gasteiger partial charge in [0.2, 0.25) is 0 Å². The van der Waals surface area contributed by atoms with Crippen LogP contribution in [0.15, 0.2) is 200 Å². The predicted octanol–water partition coefficient (Wildman–Crippen LogP) is 19.7. The van der Waals surface area contributed by atoms with Gasteiger partial charge >= 0.3 is 0 Å². The minimum atomic E-state index is 1.12. The van der Waals surface area contributed by atoms with Crippen LogP contribution < -0.4 is 9.80 Å². The highest BCUT2D eigenvalue weighted by Gasteiger charge is 2.28. The lowest BCUT2D eigenvalue weighted by Crippen LogP contribution is -2.15. The minimum absolute atomic E-state index is 1.12. The lowest BCUT2D eigenvalue weighted by molar-refractivity contribution is 1.30. The monoisotopic (exact) mass is 862 g/mol. The molecule has 0 aliphatic heterocycles. The normalized spacial score (nSPS) is 11.5. The molecular weight excluding hydrogens is 809 g/mol. The molecule has 0 aliphatic rings. The lowest BCUT2D eigenvalue weighted by atomic mass is 9.90. The molecule has 0 atom stereocenters. The van der Waals surface area contributed by atoms with Crippen molar-refractivity contribution in [1.82, 2.24) is 0 Å². The maximum Gasteiger partial charge on any atom is 0.0620 e. The average Bonchev–Trinajstić information content (AvgIpc) is 3.38. The molecule has 0 saturated carbocycles. The second-order valence-corrected chi connectivity index (χ2v) is 17.5. The molecule has 0 unspecified atom stereocenters. The van der Waals surface area contributed by atoms with Crippen molar-refractivity contribution in [3.8, 4) is 0 Å². The molecule has 2 nitrogen and oxygen atoms in total. The zero-order chi connectivity index (χ0) is 45.9. The van der Waals surface area contributed by atoms with Gasteiger partial charge in [-0.15, -0.1) is 0 Å². The molecule has 0 amide bonds. The highest BCUT2D eigenvalue weighted by Crippen LogP contribution is 2.54. The number of nitrogens with zero attached hydrogens (tertiary/aromatic N) is 2. The Hall–Kier alpha value is -7.94. The first kappa shape index (κ1) is 41.7. The van der Waals surface area contributed by atoms with Gasteiger partial charge in [-0.3, -0.25) is 0 Å². The summed E-state index contributed by atoms with van der Waals surface area (Å²) in [7, 11) is 0. The van der Waals surface area contributed by atoms with E-state index in [-0.39, 0.29) is 0 Å². The smallest absolute Gasteiger partial charge is 0.0620 e. The highest BCUT2D eigenvalue weighted by atomic mass is 15.2. The quantitative estimate of drug-likeness (QED) is 0.0933. The standard InChI is InChI=1S/C61H42N2.2C2H6/c1-37-20-29-48-51(34-37)61(63(47-18-8-5-9-19-47)55-33-28-45-24-22-41-13-11-15-43-26-31-50(55)59(45)57(41)43)53-36-39(3)38(2)35-52(53)60(48)62(46-16-6-4-7-17-46)54-32-27-44-23-21-40-12-10-14-42-25-30-49(54)58(44)56(40)42;2*1-2/h4-36H,1-3H3;2*1-2H3. The molecule has 0 N–H and O–H groups in total. The molecular formula is C65H54N2. The Morgan fingerprint density at radius 3 is 1.04 bits per heavy atom. The van der Waals surface area contributed by atoms with E-state index < -0.39 is 0 Å². The topological polar surface area (TPSA) is 6.48 Å². The van der Waals surface area contributed by atoms with Crippen molar-refractivity contribution >= 4 is 120 Å². The van der Waals surface area contributed by atoms with Crippen LogP contribution >= 0.6 is 0 Å². The van der Waals surface area contributed by atoms with E-state index in [4.69, 9.17) is 0 Å². The van der Waals surface area contributed by atoms with Gasteiger partial charge in [0.1, 0.15) is 0 Å². The van der Waals surface area contributed by atoms with Gasteiger partial charge in [-0.2, -0.15) is 0 Å². The molecule has 2 heteroatoms. The number of aryl methyl sites for hydroxylation is 3. The first-order valence-electron chi connectivity index (χ1n) is 24.0. The van der Waals surface area contributed by atoms with E-state index in [1.165, 1.54) is 114 Å². The van der Waals surface area contributed by atoms with E-state index in [2.05, 4.69) is 231 Å². The molecule has 0 heterocycles. The number of fused-ring (bicyclic) bond motifs is 2. The van der Waals surface area contributed by atoms with E-state index in [1.54, 1.807) is 0 Å². The largest absolute Gasteiger partial charge is 0.309 e. The maximum absolute atomic E-state index is 2.55. The minimum Gasteiger partial charge on any atom is -0.309 e. The first-order chi connectivity index (χ1) is 33.0. The molecule has 0 aliphatic carbocycles. The van der Waals surface area contributed by atoms with E-state index in [0.717, 1.165) is 22.7 Å². The SMILES string of the molecule is CC.CC.Cc1ccc2c(N(c3ccccc3)c3ccc4ccc5cccc6ccc3c4c56)c3cc(C)c(C)cc3c(N(c3ccccc3)c3ccc4ccc5cccc6ccc3c4c56)c2c1. The predicted molar refractivity (Wildman–Crippen MR) is 295 cm³/mol. The van der Waals surface area contributed by atoms with Crippen molar-refractivity contribution in [3.05, 3.63) is 217 Å². The summed E-state index contributed by atoms with van der Waals surface area (Å²) in [6, 6.07) is 75.0. The summed E-state index contributed by atoms with van der Waals surface area (Å²) >= 11 is 0. The van der Waals surface area contributed by atoms with Crippen LogP contribution in [0.2, 0.25) is 0 Å². The molecule has 13 rings (SSSR count). The molecule has 67 heavy (non-hydrogen) atoms. The van der Waals surface area contributed by atoms with Gasteiger partial charge in [-0.1, -0.05) is 179 Å². The van der Waals surface area contributed by atoms with Crippen LogP contribution in [0.1, 0.15) is 44.4 Å². The third kappa shape index (κ3) is 6.54. The zero-order valence-electron chi connectivity index (χ0n) is 39.4. The number of hydrogen-bond donors (Lipinski definition) is 0.